The monoisotopic (exact) mass is 1050 g/mol. The van der Waals surface area contributed by atoms with Crippen LogP contribution in [0.3, 0.4) is 0 Å². The van der Waals surface area contributed by atoms with Crippen LogP contribution < -0.4 is 10.2 Å². The minimum Gasteiger partial charge on any atom is -0.756 e. The number of allylic oxidation sites excluding steroid dienone is 22. The van der Waals surface area contributed by atoms with Crippen LogP contribution in [-0.2, 0) is 18.4 Å². The Morgan fingerprint density at radius 1 is 0.486 bits per heavy atom. The van der Waals surface area contributed by atoms with E-state index in [2.05, 4.69) is 153 Å². The molecule has 0 heterocycles. The summed E-state index contributed by atoms with van der Waals surface area (Å²) in [5.41, 5.74) is 0. The Balaban J connectivity index is 4.08. The summed E-state index contributed by atoms with van der Waals surface area (Å²) in [6, 6.07) is -0.814. The molecule has 8 nitrogen and oxygen atoms in total. The number of quaternary nitrogens is 1. The summed E-state index contributed by atoms with van der Waals surface area (Å²) in [7, 11) is 1.28. The van der Waals surface area contributed by atoms with Crippen molar-refractivity contribution < 1.29 is 32.9 Å². The topological polar surface area (TPSA) is 108 Å². The van der Waals surface area contributed by atoms with E-state index >= 15 is 0 Å². The third kappa shape index (κ3) is 56.4. The number of rotatable bonds is 52. The predicted molar refractivity (Wildman–Crippen MR) is 320 cm³/mol. The number of phosphoric ester groups is 1. The van der Waals surface area contributed by atoms with E-state index < -0.39 is 20.0 Å². The van der Waals surface area contributed by atoms with Crippen LogP contribution in [0.4, 0.5) is 0 Å². The van der Waals surface area contributed by atoms with E-state index in [9.17, 15) is 19.4 Å². The molecule has 422 valence electrons. The molecule has 9 heteroatoms. The number of carbonyl (C=O) groups excluding carboxylic acids is 1. The largest absolute Gasteiger partial charge is 0.756 e. The van der Waals surface area contributed by atoms with Gasteiger partial charge in [0.15, 0.2) is 0 Å². The molecule has 0 rings (SSSR count). The Bertz CT molecular complexity index is 1660. The number of aliphatic hydroxyl groups excluding tert-OH is 1. The van der Waals surface area contributed by atoms with E-state index in [-0.39, 0.29) is 19.1 Å². The molecule has 0 saturated carbocycles. The highest BCUT2D eigenvalue weighted by molar-refractivity contribution is 7.45. The highest BCUT2D eigenvalue weighted by Gasteiger charge is 2.24. The number of unbranched alkanes of at least 4 members (excludes halogenated alkanes) is 17. The molecule has 0 aliphatic heterocycles. The number of hydrogen-bond acceptors (Lipinski definition) is 6. The van der Waals surface area contributed by atoms with Gasteiger partial charge in [-0.3, -0.25) is 9.36 Å². The molecule has 0 radical (unpaired) electrons. The van der Waals surface area contributed by atoms with Crippen LogP contribution in [0.5, 0.6) is 0 Å². The van der Waals surface area contributed by atoms with Crippen molar-refractivity contribution in [3.05, 3.63) is 134 Å². The standard InChI is InChI=1S/C65H111N2O6P/c1-6-8-10-12-14-16-18-19-20-21-22-23-24-25-26-27-28-29-30-31-32-33-34-35-36-37-38-39-40-41-42-43-44-45-46-47-49-51-53-55-57-59-65(69)66-63(62-73-74(70,71)72-61-60-67(3,4)5)64(68)58-56-54-52-50-48-17-15-13-11-9-7-2/h8,10,14,16,19-20,22-23,25-26,28-29,31-32,34-35,37-38,40-41,43-44,63-64,68H,6-7,9,11-13,15,17-18,21,24,27,30,33,36,39,42,45-62H2,1-5H3,(H-,66,69,70,71)/b10-8-,16-14-,20-19-,23-22-,26-25-,29-28-,32-31-,35-34-,38-37-,41-40-,44-43-. The smallest absolute Gasteiger partial charge is 0.268 e. The van der Waals surface area contributed by atoms with Crippen molar-refractivity contribution in [1.82, 2.24) is 5.32 Å². The van der Waals surface area contributed by atoms with Gasteiger partial charge in [-0.25, -0.2) is 0 Å². The van der Waals surface area contributed by atoms with Gasteiger partial charge in [0.2, 0.25) is 5.91 Å². The Kier molecular flexibility index (Phi) is 52.0. The van der Waals surface area contributed by atoms with E-state index in [0.717, 1.165) is 122 Å². The first-order valence-corrected chi connectivity index (χ1v) is 31.0. The zero-order valence-electron chi connectivity index (χ0n) is 48.0. The van der Waals surface area contributed by atoms with Crippen LogP contribution in [-0.4, -0.2) is 68.5 Å². The third-order valence-corrected chi connectivity index (χ3v) is 13.4. The number of carbonyl (C=O) groups is 1. The van der Waals surface area contributed by atoms with Gasteiger partial charge in [-0.15, -0.1) is 0 Å². The predicted octanol–water partition coefficient (Wildman–Crippen LogP) is 17.7. The number of amides is 1. The fourth-order valence-electron chi connectivity index (χ4n) is 7.81. The fourth-order valence-corrected chi connectivity index (χ4v) is 8.53. The summed E-state index contributed by atoms with van der Waals surface area (Å²) in [5.74, 6) is -0.183. The molecular weight excluding hydrogens is 936 g/mol. The molecule has 3 atom stereocenters. The molecule has 0 aromatic heterocycles. The Labute approximate surface area is 456 Å². The van der Waals surface area contributed by atoms with Crippen LogP contribution in [0, 0.1) is 0 Å². The summed E-state index contributed by atoms with van der Waals surface area (Å²) >= 11 is 0. The minimum absolute atomic E-state index is 0.00336. The summed E-state index contributed by atoms with van der Waals surface area (Å²) in [6.45, 7) is 4.57. The maximum absolute atomic E-state index is 12.9. The highest BCUT2D eigenvalue weighted by Crippen LogP contribution is 2.38. The lowest BCUT2D eigenvalue weighted by Gasteiger charge is -2.30. The minimum atomic E-state index is -4.58. The summed E-state index contributed by atoms with van der Waals surface area (Å²) < 4.78 is 23.3. The molecule has 0 aromatic rings. The van der Waals surface area contributed by atoms with Crippen LogP contribution in [0.2, 0.25) is 0 Å². The zero-order valence-corrected chi connectivity index (χ0v) is 48.9. The molecule has 1 amide bonds. The van der Waals surface area contributed by atoms with Crippen LogP contribution in [0.15, 0.2) is 134 Å². The summed E-state index contributed by atoms with van der Waals surface area (Å²) in [6.07, 6.45) is 82.1. The summed E-state index contributed by atoms with van der Waals surface area (Å²) in [5, 5.41) is 13.9. The SMILES string of the molecule is CC/C=C\C/C=C\C/C=C\C/C=C\C/C=C\C/C=C\C/C=C\C/C=C\C/C=C\C/C=C\C/C=C\CCCCCCCCCC(=O)NC(COP(=O)([O-])OCC[N+](C)(C)C)C(O)CCCCCCCCCCCCC. The molecule has 3 unspecified atom stereocenters. The normalized spacial score (nSPS) is 14.9. The number of hydrogen-bond donors (Lipinski definition) is 2. The molecule has 74 heavy (non-hydrogen) atoms. The number of phosphoric acid groups is 1. The van der Waals surface area contributed by atoms with Gasteiger partial charge in [0, 0.05) is 6.42 Å². The number of aliphatic hydroxyl groups is 1. The van der Waals surface area contributed by atoms with Crippen molar-refractivity contribution in [3.8, 4) is 0 Å². The molecule has 0 saturated heterocycles. The van der Waals surface area contributed by atoms with Crippen molar-refractivity contribution in [1.29, 1.82) is 0 Å². The lowest BCUT2D eigenvalue weighted by atomic mass is 10.0. The van der Waals surface area contributed by atoms with Gasteiger partial charge in [0.05, 0.1) is 39.9 Å². The zero-order chi connectivity index (χ0) is 54.2. The van der Waals surface area contributed by atoms with E-state index in [1.54, 1.807) is 0 Å². The quantitative estimate of drug-likeness (QED) is 0.0272. The first-order chi connectivity index (χ1) is 36.0. The van der Waals surface area contributed by atoms with Crippen LogP contribution in [0.25, 0.3) is 0 Å². The molecule has 0 spiro atoms. The van der Waals surface area contributed by atoms with Crippen LogP contribution in [0.1, 0.15) is 219 Å². The van der Waals surface area contributed by atoms with Crippen molar-refractivity contribution in [3.63, 3.8) is 0 Å². The van der Waals surface area contributed by atoms with Gasteiger partial charge in [-0.05, 0) is 96.3 Å². The maximum Gasteiger partial charge on any atom is 0.268 e. The van der Waals surface area contributed by atoms with Crippen molar-refractivity contribution >= 4 is 13.7 Å². The average Bonchev–Trinajstić information content (AvgIpc) is 3.36. The molecule has 0 aliphatic carbocycles. The maximum atomic E-state index is 12.9. The van der Waals surface area contributed by atoms with Gasteiger partial charge >= 0.3 is 0 Å². The van der Waals surface area contributed by atoms with Crippen molar-refractivity contribution in [2.24, 2.45) is 0 Å². The van der Waals surface area contributed by atoms with Crippen molar-refractivity contribution in [2.45, 2.75) is 231 Å². The molecule has 2 N–H and O–H groups in total. The molecule has 0 aromatic carbocycles. The molecule has 0 bridgehead atoms. The number of nitrogens with zero attached hydrogens (tertiary/aromatic N) is 1. The second-order valence-corrected chi connectivity index (χ2v) is 22.0. The van der Waals surface area contributed by atoms with Gasteiger partial charge in [0.25, 0.3) is 7.82 Å². The highest BCUT2D eigenvalue weighted by atomic mass is 31.2. The Morgan fingerprint density at radius 2 is 0.824 bits per heavy atom. The van der Waals surface area contributed by atoms with Gasteiger partial charge in [-0.1, -0.05) is 250 Å². The second kappa shape index (κ2) is 54.4. The summed E-state index contributed by atoms with van der Waals surface area (Å²) in [4.78, 5) is 25.4. The van der Waals surface area contributed by atoms with Crippen LogP contribution >= 0.6 is 7.82 Å². The molecule has 0 fully saturated rings. The van der Waals surface area contributed by atoms with Gasteiger partial charge in [-0.2, -0.15) is 0 Å². The van der Waals surface area contributed by atoms with Gasteiger partial charge < -0.3 is 28.8 Å². The first kappa shape index (κ1) is 70.6. The Morgan fingerprint density at radius 3 is 1.20 bits per heavy atom. The molecule has 0 aliphatic rings. The van der Waals surface area contributed by atoms with E-state index in [4.69, 9.17) is 9.05 Å². The van der Waals surface area contributed by atoms with E-state index in [1.807, 2.05) is 21.1 Å². The Hall–Kier alpha value is -3.36. The van der Waals surface area contributed by atoms with E-state index in [1.165, 1.54) is 70.6 Å². The van der Waals surface area contributed by atoms with E-state index in [0.29, 0.717) is 23.9 Å². The third-order valence-electron chi connectivity index (χ3n) is 12.4. The lowest BCUT2D eigenvalue weighted by Crippen LogP contribution is -2.46. The van der Waals surface area contributed by atoms with Crippen molar-refractivity contribution in [2.75, 3.05) is 40.9 Å². The average molecular weight is 1050 g/mol. The lowest BCUT2D eigenvalue weighted by molar-refractivity contribution is -0.870. The van der Waals surface area contributed by atoms with Gasteiger partial charge in [0.1, 0.15) is 13.2 Å². The number of nitrogens with one attached hydrogen (secondary N) is 1. The number of likely N-dealkylation sites (N-methyl/N-ethyl adjacent to an activating group) is 1. The second-order valence-electron chi connectivity index (χ2n) is 20.6. The fraction of sp³-hybridized carbons (Fsp3) is 0.646. The first-order valence-electron chi connectivity index (χ1n) is 29.5. The molecular formula is C65H111N2O6P.